The zero-order chi connectivity index (χ0) is 23.4. The van der Waals surface area contributed by atoms with Gasteiger partial charge in [0.25, 0.3) is 0 Å². The quantitative estimate of drug-likeness (QED) is 0.149. The Morgan fingerprint density at radius 1 is 0.767 bits per heavy atom. The van der Waals surface area contributed by atoms with Crippen LogP contribution < -0.4 is 10.6 Å². The van der Waals surface area contributed by atoms with Crippen LogP contribution in [0.1, 0.15) is 33.6 Å². The number of hydrogen-bond acceptors (Lipinski definition) is 8. The van der Waals surface area contributed by atoms with Crippen LogP contribution in [0.5, 0.6) is 0 Å². The molecule has 0 fully saturated rings. The molecule has 1 unspecified atom stereocenters. The van der Waals surface area contributed by atoms with E-state index in [1.54, 1.807) is 11.8 Å². The fraction of sp³-hybridized carbons (Fsp3) is 0.842. The normalized spacial score (nSPS) is 11.8. The average molecular weight is 437 g/mol. The van der Waals surface area contributed by atoms with Gasteiger partial charge >= 0.3 is 17.9 Å². The number of carboxylic acids is 3. The molecule has 0 aromatic carbocycles. The maximum absolute atomic E-state index is 10.5. The molecule has 0 saturated carbocycles. The van der Waals surface area contributed by atoms with E-state index in [2.05, 4.69) is 22.5 Å². The van der Waals surface area contributed by atoms with E-state index in [1.807, 2.05) is 6.92 Å². The van der Waals surface area contributed by atoms with Crippen molar-refractivity contribution >= 4 is 17.9 Å². The first-order chi connectivity index (χ1) is 14.1. The molecule has 0 aromatic rings. The number of aliphatic carboxylic acids is 3. The second kappa shape index (κ2) is 20.5. The van der Waals surface area contributed by atoms with E-state index >= 15 is 0 Å². The Bertz CT molecular complexity index is 464. The van der Waals surface area contributed by atoms with Crippen molar-refractivity contribution in [3.8, 4) is 0 Å². The number of rotatable bonds is 18. The summed E-state index contributed by atoms with van der Waals surface area (Å²) in [5.74, 6) is -2.61. The highest BCUT2D eigenvalue weighted by Gasteiger charge is 2.08. The highest BCUT2D eigenvalue weighted by molar-refractivity contribution is 5.69. The Morgan fingerprint density at radius 3 is 1.57 bits per heavy atom. The van der Waals surface area contributed by atoms with E-state index < -0.39 is 17.9 Å². The van der Waals surface area contributed by atoms with Gasteiger partial charge in [0.05, 0.1) is 25.7 Å². The number of carbonyl (C=O) groups is 3. The van der Waals surface area contributed by atoms with Crippen molar-refractivity contribution in [2.24, 2.45) is 0 Å². The van der Waals surface area contributed by atoms with Crippen molar-refractivity contribution in [3.63, 3.8) is 0 Å². The van der Waals surface area contributed by atoms with Crippen molar-refractivity contribution in [2.45, 2.75) is 39.7 Å². The van der Waals surface area contributed by atoms with Gasteiger partial charge in [-0.1, -0.05) is 13.8 Å². The number of hydrogen-bond donors (Lipinski definition) is 6. The zero-order valence-corrected chi connectivity index (χ0v) is 18.5. The van der Waals surface area contributed by atoms with E-state index in [0.717, 1.165) is 25.9 Å². The molecule has 178 valence electrons. The number of nitrogens with one attached hydrogen (secondary N) is 2. The van der Waals surface area contributed by atoms with Crippen molar-refractivity contribution < 1.29 is 34.8 Å². The van der Waals surface area contributed by atoms with E-state index in [0.29, 0.717) is 32.7 Å². The highest BCUT2D eigenvalue weighted by Crippen LogP contribution is 1.93. The Balaban J connectivity index is 0. The minimum absolute atomic E-state index is 0.00257. The van der Waals surface area contributed by atoms with Crippen LogP contribution in [-0.2, 0) is 14.4 Å². The molecule has 0 rings (SSSR count). The number of aliphatic hydroxyl groups excluding tert-OH is 1. The molecule has 30 heavy (non-hydrogen) atoms. The molecule has 0 aliphatic heterocycles. The van der Waals surface area contributed by atoms with Gasteiger partial charge in [0.1, 0.15) is 0 Å². The van der Waals surface area contributed by atoms with Gasteiger partial charge in [0.15, 0.2) is 0 Å². The smallest absolute Gasteiger partial charge is 0.317 e. The summed E-state index contributed by atoms with van der Waals surface area (Å²) >= 11 is 0. The van der Waals surface area contributed by atoms with E-state index in [4.69, 9.17) is 15.3 Å². The molecule has 0 amide bonds. The lowest BCUT2D eigenvalue weighted by atomic mass is 10.3. The summed E-state index contributed by atoms with van der Waals surface area (Å²) in [4.78, 5) is 34.8. The molecule has 0 aromatic heterocycles. The first kappa shape index (κ1) is 30.4. The third kappa shape index (κ3) is 24.2. The third-order valence-corrected chi connectivity index (χ3v) is 3.72. The van der Waals surface area contributed by atoms with Crippen molar-refractivity contribution in [3.05, 3.63) is 0 Å². The first-order valence-corrected chi connectivity index (χ1v) is 10.3. The van der Waals surface area contributed by atoms with E-state index in [9.17, 15) is 19.5 Å². The molecule has 0 radical (unpaired) electrons. The summed E-state index contributed by atoms with van der Waals surface area (Å²) in [5.41, 5.74) is 0. The van der Waals surface area contributed by atoms with Gasteiger partial charge in [-0.25, -0.2) is 0 Å². The third-order valence-electron chi connectivity index (χ3n) is 3.72. The summed E-state index contributed by atoms with van der Waals surface area (Å²) in [6.07, 6.45) is 1.58. The first-order valence-electron chi connectivity index (χ1n) is 10.3. The molecule has 11 heteroatoms. The SMILES string of the molecule is CCCN(CCNCC(=O)O)CC(=O)O.CCCN(CCNCC(=O)O)CC(C)O. The summed E-state index contributed by atoms with van der Waals surface area (Å²) in [6.45, 7) is 10.4. The van der Waals surface area contributed by atoms with Gasteiger partial charge in [-0.3, -0.25) is 24.2 Å². The predicted molar refractivity (Wildman–Crippen MR) is 114 cm³/mol. The second-order valence-corrected chi connectivity index (χ2v) is 6.96. The monoisotopic (exact) mass is 436 g/mol. The average Bonchev–Trinajstić information content (AvgIpc) is 2.62. The molecule has 0 spiro atoms. The lowest BCUT2D eigenvalue weighted by Crippen LogP contribution is -2.38. The lowest BCUT2D eigenvalue weighted by molar-refractivity contribution is -0.139. The Kier molecular flexibility index (Phi) is 20.8. The molecule has 0 heterocycles. The van der Waals surface area contributed by atoms with Crippen LogP contribution in [0, 0.1) is 0 Å². The van der Waals surface area contributed by atoms with Crippen molar-refractivity contribution in [1.82, 2.24) is 20.4 Å². The largest absolute Gasteiger partial charge is 0.480 e. The van der Waals surface area contributed by atoms with Crippen molar-refractivity contribution in [2.75, 3.05) is 65.4 Å². The van der Waals surface area contributed by atoms with Crippen LogP contribution in [0.4, 0.5) is 0 Å². The summed E-state index contributed by atoms with van der Waals surface area (Å²) in [5, 5.41) is 40.1. The maximum Gasteiger partial charge on any atom is 0.317 e. The van der Waals surface area contributed by atoms with Gasteiger partial charge in [0.2, 0.25) is 0 Å². The predicted octanol–water partition coefficient (Wildman–Crippen LogP) is -0.789. The Labute approximate surface area is 179 Å². The number of nitrogens with zero attached hydrogens (tertiary/aromatic N) is 2. The van der Waals surface area contributed by atoms with Crippen LogP contribution in [0.2, 0.25) is 0 Å². The molecule has 1 atom stereocenters. The van der Waals surface area contributed by atoms with E-state index in [-0.39, 0.29) is 25.7 Å². The van der Waals surface area contributed by atoms with Crippen molar-refractivity contribution in [1.29, 1.82) is 0 Å². The van der Waals surface area contributed by atoms with Gasteiger partial charge in [-0.15, -0.1) is 0 Å². The fourth-order valence-corrected chi connectivity index (χ4v) is 2.63. The van der Waals surface area contributed by atoms with Gasteiger partial charge < -0.3 is 31.1 Å². The Morgan fingerprint density at radius 2 is 1.20 bits per heavy atom. The van der Waals surface area contributed by atoms with Gasteiger partial charge in [-0.05, 0) is 32.9 Å². The molecule has 0 aliphatic rings. The molecule has 6 N–H and O–H groups in total. The molecular weight excluding hydrogens is 396 g/mol. The molecule has 11 nitrogen and oxygen atoms in total. The lowest BCUT2D eigenvalue weighted by Gasteiger charge is -2.22. The summed E-state index contributed by atoms with van der Waals surface area (Å²) < 4.78 is 0. The summed E-state index contributed by atoms with van der Waals surface area (Å²) in [7, 11) is 0. The van der Waals surface area contributed by atoms with Gasteiger partial charge in [-0.2, -0.15) is 0 Å². The highest BCUT2D eigenvalue weighted by atomic mass is 16.4. The molecule has 0 aliphatic carbocycles. The standard InChI is InChI=1S/C10H22N2O3.C9H18N2O4/c1-3-5-12(8-9(2)13)6-4-11-7-10(14)15;1-2-4-11(7-9(14)15)5-3-10-6-8(12)13/h9,11,13H,3-8H2,1-2H3,(H,14,15);10H,2-7H2,1H3,(H,12,13)(H,14,15). The molecule has 0 bridgehead atoms. The van der Waals surface area contributed by atoms with Gasteiger partial charge in [0, 0.05) is 32.7 Å². The molecular formula is C19H40N4O7. The van der Waals surface area contributed by atoms with Crippen LogP contribution in [-0.4, -0.2) is 120 Å². The number of carboxylic acid groups (broad SMARTS) is 3. The molecule has 0 saturated heterocycles. The minimum Gasteiger partial charge on any atom is -0.480 e. The topological polar surface area (TPSA) is 163 Å². The Hall–Kier alpha value is -1.79. The van der Waals surface area contributed by atoms with Crippen LogP contribution in [0.25, 0.3) is 0 Å². The van der Waals surface area contributed by atoms with Crippen LogP contribution >= 0.6 is 0 Å². The van der Waals surface area contributed by atoms with Crippen LogP contribution in [0.15, 0.2) is 0 Å². The maximum atomic E-state index is 10.5. The van der Waals surface area contributed by atoms with E-state index in [1.165, 1.54) is 0 Å². The number of aliphatic hydroxyl groups is 1. The minimum atomic E-state index is -0.907. The second-order valence-electron chi connectivity index (χ2n) is 6.96. The fourth-order valence-electron chi connectivity index (χ4n) is 2.63. The van der Waals surface area contributed by atoms with Crippen LogP contribution in [0.3, 0.4) is 0 Å². The zero-order valence-electron chi connectivity index (χ0n) is 18.5. The summed E-state index contributed by atoms with van der Waals surface area (Å²) in [6, 6.07) is 0.